The predicted octanol–water partition coefficient (Wildman–Crippen LogP) is 1.05. The van der Waals surface area contributed by atoms with Crippen LogP contribution in [-0.4, -0.2) is 32.3 Å². The topological polar surface area (TPSA) is 118 Å². The minimum absolute atomic E-state index is 0.165. The van der Waals surface area contributed by atoms with Crippen LogP contribution in [0.4, 0.5) is 5.69 Å². The average Bonchev–Trinajstić information content (AvgIpc) is 2.43. The number of carbonyl (C=O) groups excluding carboxylic acids is 1. The van der Waals surface area contributed by atoms with E-state index in [2.05, 4.69) is 5.32 Å². The normalized spacial score (nSPS) is 11.1. The van der Waals surface area contributed by atoms with Crippen LogP contribution in [0.2, 0.25) is 5.02 Å². The largest absolute Gasteiger partial charge is 0.355 e. The van der Waals surface area contributed by atoms with E-state index in [-0.39, 0.29) is 5.02 Å². The third kappa shape index (κ3) is 4.96. The molecule has 0 aliphatic carbocycles. The minimum Gasteiger partial charge on any atom is -0.355 e. The number of non-ortho nitro benzene ring substituents is 1. The van der Waals surface area contributed by atoms with Crippen LogP contribution >= 0.6 is 11.6 Å². The number of rotatable bonds is 7. The number of hydrogen-bond acceptors (Lipinski definition) is 5. The molecule has 0 unspecified atom stereocenters. The lowest BCUT2D eigenvalue weighted by Gasteiger charge is -2.08. The first-order chi connectivity index (χ1) is 9.77. The average molecular weight is 336 g/mol. The zero-order valence-electron chi connectivity index (χ0n) is 11.1. The zero-order valence-corrected chi connectivity index (χ0v) is 12.7. The van der Waals surface area contributed by atoms with Gasteiger partial charge in [0.15, 0.2) is 0 Å². The summed E-state index contributed by atoms with van der Waals surface area (Å²) in [6.07, 6.45) is 0.717. The molecule has 0 saturated carbocycles. The number of benzene rings is 1. The Morgan fingerprint density at radius 1 is 1.43 bits per heavy atom. The Kier molecular flexibility index (Phi) is 6.06. The van der Waals surface area contributed by atoms with Gasteiger partial charge in [-0.05, 0) is 12.5 Å². The molecule has 0 aliphatic rings. The van der Waals surface area contributed by atoms with Gasteiger partial charge in [0.05, 0.1) is 16.5 Å². The summed E-state index contributed by atoms with van der Waals surface area (Å²) >= 11 is 5.74. The summed E-state index contributed by atoms with van der Waals surface area (Å²) in [5, 5.41) is 13.0. The first kappa shape index (κ1) is 17.3. The van der Waals surface area contributed by atoms with Gasteiger partial charge >= 0.3 is 0 Å². The molecule has 116 valence electrons. The SMILES string of the molecule is CCCNC(=O)CNS(=O)(=O)c1cc([N+](=O)[O-])ccc1Cl. The monoisotopic (exact) mass is 335 g/mol. The standard InChI is InChI=1S/C11H14ClN3O5S/c1-2-5-13-11(16)7-14-21(19,20)10-6-8(15(17)18)3-4-9(10)12/h3-4,6,14H,2,5,7H2,1H3,(H,13,16). The molecule has 0 saturated heterocycles. The molecule has 8 nitrogen and oxygen atoms in total. The van der Waals surface area contributed by atoms with E-state index in [4.69, 9.17) is 11.6 Å². The van der Waals surface area contributed by atoms with E-state index in [0.717, 1.165) is 24.6 Å². The van der Waals surface area contributed by atoms with Crippen molar-refractivity contribution in [2.75, 3.05) is 13.1 Å². The van der Waals surface area contributed by atoms with Crippen LogP contribution in [0, 0.1) is 10.1 Å². The fourth-order valence-electron chi connectivity index (χ4n) is 1.38. The van der Waals surface area contributed by atoms with Crippen molar-refractivity contribution in [1.29, 1.82) is 0 Å². The summed E-state index contributed by atoms with van der Waals surface area (Å²) in [6.45, 7) is 1.81. The van der Waals surface area contributed by atoms with Gasteiger partial charge in [0.2, 0.25) is 15.9 Å². The molecule has 1 aromatic carbocycles. The van der Waals surface area contributed by atoms with E-state index in [1.54, 1.807) is 0 Å². The number of amides is 1. The van der Waals surface area contributed by atoms with Crippen LogP contribution < -0.4 is 10.0 Å². The van der Waals surface area contributed by atoms with Crippen molar-refractivity contribution in [2.45, 2.75) is 18.2 Å². The van der Waals surface area contributed by atoms with E-state index in [9.17, 15) is 23.3 Å². The number of nitrogens with one attached hydrogen (secondary N) is 2. The fourth-order valence-corrected chi connectivity index (χ4v) is 2.88. The van der Waals surface area contributed by atoms with Crippen LogP contribution in [0.25, 0.3) is 0 Å². The second-order valence-electron chi connectivity index (χ2n) is 4.05. The summed E-state index contributed by atoms with van der Waals surface area (Å²) in [4.78, 5) is 20.8. The van der Waals surface area contributed by atoms with Gasteiger partial charge in [-0.15, -0.1) is 0 Å². The number of hydrogen-bond donors (Lipinski definition) is 2. The van der Waals surface area contributed by atoms with Crippen LogP contribution in [0.5, 0.6) is 0 Å². The Balaban J connectivity index is 2.90. The number of sulfonamides is 1. The maximum atomic E-state index is 12.0. The molecule has 0 atom stereocenters. The molecule has 0 radical (unpaired) electrons. The van der Waals surface area contributed by atoms with E-state index < -0.39 is 38.0 Å². The van der Waals surface area contributed by atoms with Crippen molar-refractivity contribution in [3.05, 3.63) is 33.3 Å². The van der Waals surface area contributed by atoms with E-state index >= 15 is 0 Å². The number of nitrogens with zero attached hydrogens (tertiary/aromatic N) is 1. The van der Waals surface area contributed by atoms with Crippen molar-refractivity contribution in [3.63, 3.8) is 0 Å². The third-order valence-electron chi connectivity index (χ3n) is 2.41. The molecule has 0 fully saturated rings. The summed E-state index contributed by atoms with van der Waals surface area (Å²) in [5.41, 5.74) is -0.407. The minimum atomic E-state index is -4.11. The highest BCUT2D eigenvalue weighted by Crippen LogP contribution is 2.25. The Bertz CT molecular complexity index is 647. The summed E-state index contributed by atoms with van der Waals surface area (Å²) in [5.74, 6) is -0.498. The predicted molar refractivity (Wildman–Crippen MR) is 76.6 cm³/mol. The molecule has 2 N–H and O–H groups in total. The smallest absolute Gasteiger partial charge is 0.270 e. The Morgan fingerprint density at radius 3 is 2.67 bits per heavy atom. The van der Waals surface area contributed by atoms with Crippen molar-refractivity contribution in [3.8, 4) is 0 Å². The fraction of sp³-hybridized carbons (Fsp3) is 0.364. The van der Waals surface area contributed by atoms with Gasteiger partial charge in [-0.3, -0.25) is 14.9 Å². The summed E-state index contributed by atoms with van der Waals surface area (Å²) in [7, 11) is -4.11. The molecule has 1 aromatic rings. The van der Waals surface area contributed by atoms with E-state index in [1.807, 2.05) is 11.6 Å². The number of nitro groups is 1. The van der Waals surface area contributed by atoms with Crippen molar-refractivity contribution >= 4 is 33.2 Å². The van der Waals surface area contributed by atoms with Gasteiger partial charge in [-0.2, -0.15) is 0 Å². The number of nitro benzene ring substituents is 1. The third-order valence-corrected chi connectivity index (χ3v) is 4.29. The van der Waals surface area contributed by atoms with Gasteiger partial charge in [-0.1, -0.05) is 18.5 Å². The highest BCUT2D eigenvalue weighted by atomic mass is 35.5. The molecule has 0 heterocycles. The lowest BCUT2D eigenvalue weighted by atomic mass is 10.3. The Labute approximate surface area is 126 Å². The number of halogens is 1. The molecule has 0 bridgehead atoms. The molecule has 0 aromatic heterocycles. The first-order valence-electron chi connectivity index (χ1n) is 5.98. The maximum absolute atomic E-state index is 12.0. The van der Waals surface area contributed by atoms with Crippen molar-refractivity contribution in [2.24, 2.45) is 0 Å². The molecule has 1 rings (SSSR count). The Morgan fingerprint density at radius 2 is 2.10 bits per heavy atom. The molecule has 0 aliphatic heterocycles. The highest BCUT2D eigenvalue weighted by molar-refractivity contribution is 7.89. The molecule has 21 heavy (non-hydrogen) atoms. The zero-order chi connectivity index (χ0) is 16.0. The van der Waals surface area contributed by atoms with Gasteiger partial charge in [0.25, 0.3) is 5.69 Å². The number of carbonyl (C=O) groups is 1. The van der Waals surface area contributed by atoms with Gasteiger partial charge < -0.3 is 5.32 Å². The van der Waals surface area contributed by atoms with Crippen LogP contribution in [-0.2, 0) is 14.8 Å². The Hall–Kier alpha value is -1.71. The summed E-state index contributed by atoms with van der Waals surface area (Å²) < 4.78 is 26.1. The van der Waals surface area contributed by atoms with E-state index in [0.29, 0.717) is 6.54 Å². The quantitative estimate of drug-likeness (QED) is 0.570. The van der Waals surface area contributed by atoms with Gasteiger partial charge in [0.1, 0.15) is 4.90 Å². The van der Waals surface area contributed by atoms with Crippen LogP contribution in [0.1, 0.15) is 13.3 Å². The lowest BCUT2D eigenvalue weighted by molar-refractivity contribution is -0.385. The maximum Gasteiger partial charge on any atom is 0.270 e. The molecule has 10 heteroatoms. The molecular weight excluding hydrogens is 322 g/mol. The van der Waals surface area contributed by atoms with Crippen LogP contribution in [0.15, 0.2) is 23.1 Å². The molecule has 0 spiro atoms. The van der Waals surface area contributed by atoms with Crippen LogP contribution in [0.3, 0.4) is 0 Å². The summed E-state index contributed by atoms with van der Waals surface area (Å²) in [6, 6.07) is 3.05. The van der Waals surface area contributed by atoms with Gasteiger partial charge in [0, 0.05) is 18.7 Å². The second-order valence-corrected chi connectivity index (χ2v) is 6.19. The molecule has 1 amide bonds. The lowest BCUT2D eigenvalue weighted by Crippen LogP contribution is -2.37. The first-order valence-corrected chi connectivity index (χ1v) is 7.84. The molecular formula is C11H14ClN3O5S. The highest BCUT2D eigenvalue weighted by Gasteiger charge is 2.22. The van der Waals surface area contributed by atoms with E-state index in [1.165, 1.54) is 0 Å². The van der Waals surface area contributed by atoms with Crippen molar-refractivity contribution < 1.29 is 18.1 Å². The van der Waals surface area contributed by atoms with Gasteiger partial charge in [-0.25, -0.2) is 13.1 Å². The van der Waals surface area contributed by atoms with Crippen molar-refractivity contribution in [1.82, 2.24) is 10.0 Å². The second kappa shape index (κ2) is 7.34.